The molecule has 2 aromatic rings. The smallest absolute Gasteiger partial charge is 0.250 e. The largest absolute Gasteiger partial charge is 0.367 e. The lowest BCUT2D eigenvalue weighted by Gasteiger charge is -2.13. The number of thiophene rings is 1. The van der Waals surface area contributed by atoms with E-state index in [4.69, 9.17) is 5.73 Å². The second-order valence-electron chi connectivity index (χ2n) is 4.13. The Morgan fingerprint density at radius 3 is 2.89 bits per heavy atom. The molecule has 0 spiro atoms. The highest BCUT2D eigenvalue weighted by molar-refractivity contribution is 7.09. The van der Waals surface area contributed by atoms with Crippen molar-refractivity contribution in [3.8, 4) is 0 Å². The highest BCUT2D eigenvalue weighted by Gasteiger charge is 2.06. The molecule has 1 atom stereocenters. The van der Waals surface area contributed by atoms with Crippen LogP contribution in [0.1, 0.15) is 22.2 Å². The van der Waals surface area contributed by atoms with Crippen molar-refractivity contribution in [2.45, 2.75) is 19.4 Å². The van der Waals surface area contributed by atoms with Crippen LogP contribution in [0.5, 0.6) is 0 Å². The molecule has 3 N–H and O–H groups in total. The lowest BCUT2D eigenvalue weighted by molar-refractivity contribution is 0.1000. The van der Waals surface area contributed by atoms with Crippen LogP contribution < -0.4 is 11.1 Å². The van der Waals surface area contributed by atoms with E-state index in [1.165, 1.54) is 11.1 Å². The lowest BCUT2D eigenvalue weighted by Crippen LogP contribution is -2.18. The molecule has 5 heteroatoms. The third-order valence-corrected chi connectivity index (χ3v) is 3.43. The summed E-state index contributed by atoms with van der Waals surface area (Å²) in [4.78, 5) is 16.4. The summed E-state index contributed by atoms with van der Waals surface area (Å²) in [5.41, 5.74) is 5.58. The van der Waals surface area contributed by atoms with Crippen molar-refractivity contribution < 1.29 is 4.79 Å². The number of nitrogens with two attached hydrogens (primary N) is 1. The third kappa shape index (κ3) is 3.30. The normalized spacial score (nSPS) is 12.1. The van der Waals surface area contributed by atoms with Gasteiger partial charge in [0.25, 0.3) is 0 Å². The number of pyridine rings is 1. The molecule has 4 nitrogen and oxygen atoms in total. The van der Waals surface area contributed by atoms with E-state index < -0.39 is 5.91 Å². The fourth-order valence-electron chi connectivity index (χ4n) is 1.66. The molecule has 94 valence electrons. The van der Waals surface area contributed by atoms with Crippen LogP contribution in [0.3, 0.4) is 0 Å². The van der Waals surface area contributed by atoms with E-state index in [2.05, 4.69) is 28.7 Å². The minimum atomic E-state index is -0.458. The predicted octanol–water partition coefficient (Wildman–Crippen LogP) is 2.29. The molecule has 0 bridgehead atoms. The minimum absolute atomic E-state index is 0.288. The number of nitrogens with one attached hydrogen (secondary N) is 1. The molecule has 0 saturated carbocycles. The molecule has 18 heavy (non-hydrogen) atoms. The topological polar surface area (TPSA) is 68.0 Å². The third-order valence-electron chi connectivity index (χ3n) is 2.53. The summed E-state index contributed by atoms with van der Waals surface area (Å²) in [6.07, 6.45) is 2.44. The molecule has 1 unspecified atom stereocenters. The van der Waals surface area contributed by atoms with Gasteiger partial charge in [-0.3, -0.25) is 4.79 Å². The molecule has 0 aliphatic carbocycles. The predicted molar refractivity (Wildman–Crippen MR) is 73.9 cm³/mol. The Hall–Kier alpha value is -1.88. The van der Waals surface area contributed by atoms with Gasteiger partial charge >= 0.3 is 0 Å². The van der Waals surface area contributed by atoms with Crippen LogP contribution in [0.2, 0.25) is 0 Å². The first-order valence-corrected chi connectivity index (χ1v) is 6.58. The van der Waals surface area contributed by atoms with Crippen molar-refractivity contribution in [3.05, 3.63) is 46.3 Å². The number of rotatable bonds is 5. The maximum Gasteiger partial charge on any atom is 0.250 e. The zero-order chi connectivity index (χ0) is 13.0. The molecule has 1 amide bonds. The van der Waals surface area contributed by atoms with Crippen molar-refractivity contribution in [2.75, 3.05) is 5.32 Å². The monoisotopic (exact) mass is 261 g/mol. The molecule has 2 heterocycles. The molecular weight excluding hydrogens is 246 g/mol. The van der Waals surface area contributed by atoms with Crippen LogP contribution in [0, 0.1) is 0 Å². The Morgan fingerprint density at radius 2 is 2.33 bits per heavy atom. The Kier molecular flexibility index (Phi) is 3.94. The molecule has 0 saturated heterocycles. The van der Waals surface area contributed by atoms with Crippen molar-refractivity contribution in [3.63, 3.8) is 0 Å². The van der Waals surface area contributed by atoms with Crippen LogP contribution in [0.25, 0.3) is 0 Å². The second kappa shape index (κ2) is 5.64. The number of amides is 1. The fraction of sp³-hybridized carbons (Fsp3) is 0.231. The summed E-state index contributed by atoms with van der Waals surface area (Å²) in [6, 6.07) is 7.90. The van der Waals surface area contributed by atoms with Gasteiger partial charge in [0.1, 0.15) is 5.82 Å². The molecule has 2 aromatic heterocycles. The minimum Gasteiger partial charge on any atom is -0.367 e. The highest BCUT2D eigenvalue weighted by atomic mass is 32.1. The summed E-state index contributed by atoms with van der Waals surface area (Å²) in [7, 11) is 0. The summed E-state index contributed by atoms with van der Waals surface area (Å²) < 4.78 is 0. The number of anilines is 1. The SMILES string of the molecule is CC(Cc1cccs1)Nc1ccc(C(N)=O)cn1. The highest BCUT2D eigenvalue weighted by Crippen LogP contribution is 2.13. The lowest BCUT2D eigenvalue weighted by atomic mass is 10.2. The fourth-order valence-corrected chi connectivity index (χ4v) is 2.49. The summed E-state index contributed by atoms with van der Waals surface area (Å²) in [5, 5.41) is 5.36. The average Bonchev–Trinajstić information content (AvgIpc) is 2.82. The van der Waals surface area contributed by atoms with E-state index in [-0.39, 0.29) is 6.04 Å². The van der Waals surface area contributed by atoms with Crippen molar-refractivity contribution in [1.29, 1.82) is 0 Å². The molecule has 0 radical (unpaired) electrons. The second-order valence-corrected chi connectivity index (χ2v) is 5.16. The van der Waals surface area contributed by atoms with E-state index in [1.807, 2.05) is 6.07 Å². The number of carbonyl (C=O) groups excluding carboxylic acids is 1. The van der Waals surface area contributed by atoms with Gasteiger partial charge in [-0.2, -0.15) is 0 Å². The number of hydrogen-bond donors (Lipinski definition) is 2. The maximum absolute atomic E-state index is 10.9. The first-order valence-electron chi connectivity index (χ1n) is 5.70. The van der Waals surface area contributed by atoms with Gasteiger partial charge in [-0.1, -0.05) is 6.07 Å². The number of primary amides is 1. The molecule has 0 aromatic carbocycles. The van der Waals surface area contributed by atoms with Gasteiger partial charge in [-0.25, -0.2) is 4.98 Å². The molecule has 0 aliphatic rings. The zero-order valence-electron chi connectivity index (χ0n) is 10.1. The molecule has 0 aliphatic heterocycles. The molecule has 2 rings (SSSR count). The Balaban J connectivity index is 1.94. The number of carbonyl (C=O) groups is 1. The van der Waals surface area contributed by atoms with E-state index in [0.717, 1.165) is 12.2 Å². The van der Waals surface area contributed by atoms with Crippen LogP contribution in [-0.2, 0) is 6.42 Å². The Labute approximate surface area is 110 Å². The zero-order valence-corrected chi connectivity index (χ0v) is 10.9. The first kappa shape index (κ1) is 12.6. The summed E-state index contributed by atoms with van der Waals surface area (Å²) in [6.45, 7) is 2.10. The van der Waals surface area contributed by atoms with E-state index in [9.17, 15) is 4.79 Å². The van der Waals surface area contributed by atoms with Gasteiger partial charge in [-0.05, 0) is 30.5 Å². The van der Waals surface area contributed by atoms with Gasteiger partial charge < -0.3 is 11.1 Å². The summed E-state index contributed by atoms with van der Waals surface area (Å²) in [5.74, 6) is 0.296. The van der Waals surface area contributed by atoms with Crippen molar-refractivity contribution in [2.24, 2.45) is 5.73 Å². The first-order chi connectivity index (χ1) is 8.65. The molecular formula is C13H15N3OS. The van der Waals surface area contributed by atoms with Gasteiger partial charge in [0, 0.05) is 23.5 Å². The Bertz CT molecular complexity index is 508. The van der Waals surface area contributed by atoms with Crippen molar-refractivity contribution >= 4 is 23.1 Å². The van der Waals surface area contributed by atoms with Gasteiger partial charge in [0.15, 0.2) is 0 Å². The Morgan fingerprint density at radius 1 is 1.50 bits per heavy atom. The van der Waals surface area contributed by atoms with E-state index >= 15 is 0 Å². The average molecular weight is 261 g/mol. The van der Waals surface area contributed by atoms with E-state index in [0.29, 0.717) is 5.56 Å². The van der Waals surface area contributed by atoms with Gasteiger partial charge in [0.05, 0.1) is 5.56 Å². The number of hydrogen-bond acceptors (Lipinski definition) is 4. The van der Waals surface area contributed by atoms with Crippen LogP contribution >= 0.6 is 11.3 Å². The number of aromatic nitrogens is 1. The molecule has 0 fully saturated rings. The van der Waals surface area contributed by atoms with Gasteiger partial charge in [0.2, 0.25) is 5.91 Å². The van der Waals surface area contributed by atoms with E-state index in [1.54, 1.807) is 23.5 Å². The number of nitrogens with zero attached hydrogens (tertiary/aromatic N) is 1. The van der Waals surface area contributed by atoms with Gasteiger partial charge in [-0.15, -0.1) is 11.3 Å². The van der Waals surface area contributed by atoms with Crippen LogP contribution in [-0.4, -0.2) is 16.9 Å². The maximum atomic E-state index is 10.9. The van der Waals surface area contributed by atoms with Crippen LogP contribution in [0.15, 0.2) is 35.8 Å². The van der Waals surface area contributed by atoms with Crippen molar-refractivity contribution in [1.82, 2.24) is 4.98 Å². The van der Waals surface area contributed by atoms with Crippen LogP contribution in [0.4, 0.5) is 5.82 Å². The summed E-state index contributed by atoms with van der Waals surface area (Å²) >= 11 is 1.75. The standard InChI is InChI=1S/C13H15N3OS/c1-9(7-11-3-2-6-18-11)16-12-5-4-10(8-15-12)13(14)17/h2-6,8-9H,7H2,1H3,(H2,14,17)(H,15,16). The quantitative estimate of drug-likeness (QED) is 0.867.